The molecule has 0 saturated carbocycles. The van der Waals surface area contributed by atoms with Crippen LogP contribution in [0, 0.1) is 31.6 Å². The molecule has 1 heterocycles. The molecule has 13 nitrogen and oxygen atoms in total. The Morgan fingerprint density at radius 3 is 2.57 bits per heavy atom. The van der Waals surface area contributed by atoms with Crippen LogP contribution >= 0.6 is 11.8 Å². The number of nitro benzene ring substituents is 1. The van der Waals surface area contributed by atoms with Crippen molar-refractivity contribution >= 4 is 29.1 Å². The first-order valence-electron chi connectivity index (χ1n) is 8.15. The molecule has 0 fully saturated rings. The van der Waals surface area contributed by atoms with Gasteiger partial charge in [0.05, 0.1) is 29.6 Å². The number of carbonyl (C=O) groups is 1. The third-order valence-corrected chi connectivity index (χ3v) is 4.35. The van der Waals surface area contributed by atoms with E-state index in [0.29, 0.717) is 0 Å². The van der Waals surface area contributed by atoms with Crippen molar-refractivity contribution in [2.45, 2.75) is 12.4 Å². The normalized spacial score (nSPS) is 15.9. The number of nitriles is 1. The third-order valence-electron chi connectivity index (χ3n) is 3.63. The molecule has 1 aromatic carbocycles. The fourth-order valence-corrected chi connectivity index (χ4v) is 2.97. The van der Waals surface area contributed by atoms with E-state index < -0.39 is 44.3 Å². The quantitative estimate of drug-likeness (QED) is 0.330. The number of nitro groups is 2. The molecule has 1 unspecified atom stereocenters. The number of hydroxylamine groups is 2. The maximum absolute atomic E-state index is 12.3. The standard InChI is InChI=1S/C16H15N5O8S/c1-4-28-15(22)12-13(21(25)26)14(19(27-2)16(18-12)30-3)29-10-6-5-9(8-17)11(7-10)20(23)24/h5-7,16H,4H2,1-3H3. The van der Waals surface area contributed by atoms with Crippen molar-refractivity contribution in [1.29, 1.82) is 5.26 Å². The second-order valence-corrected chi connectivity index (χ2v) is 6.22. The Balaban J connectivity index is 2.65. The van der Waals surface area contributed by atoms with Gasteiger partial charge in [0, 0.05) is 0 Å². The molecule has 1 aromatic rings. The van der Waals surface area contributed by atoms with Gasteiger partial charge in [-0.3, -0.25) is 25.1 Å². The average Bonchev–Trinajstić information content (AvgIpc) is 2.72. The topological polar surface area (TPSA) is 170 Å². The zero-order valence-corrected chi connectivity index (χ0v) is 16.7. The molecule has 0 saturated heterocycles. The maximum atomic E-state index is 12.3. The van der Waals surface area contributed by atoms with Gasteiger partial charge in [0.2, 0.25) is 5.71 Å². The van der Waals surface area contributed by atoms with E-state index in [9.17, 15) is 25.0 Å². The molecule has 2 rings (SSSR count). The molecule has 1 aliphatic heterocycles. The number of rotatable bonds is 8. The van der Waals surface area contributed by atoms with E-state index >= 15 is 0 Å². The van der Waals surface area contributed by atoms with E-state index in [2.05, 4.69) is 4.99 Å². The van der Waals surface area contributed by atoms with Crippen molar-refractivity contribution in [3.8, 4) is 11.8 Å². The monoisotopic (exact) mass is 437 g/mol. The van der Waals surface area contributed by atoms with Gasteiger partial charge in [0.15, 0.2) is 5.50 Å². The Bertz CT molecular complexity index is 986. The second kappa shape index (κ2) is 9.67. The van der Waals surface area contributed by atoms with E-state index in [1.165, 1.54) is 20.1 Å². The summed E-state index contributed by atoms with van der Waals surface area (Å²) in [6.07, 6.45) is 1.62. The number of nitrogens with zero attached hydrogens (tertiary/aromatic N) is 5. The third kappa shape index (κ3) is 4.47. The number of thioether (sulfide) groups is 1. The molecule has 30 heavy (non-hydrogen) atoms. The lowest BCUT2D eigenvalue weighted by atomic mass is 10.2. The molecule has 158 valence electrons. The van der Waals surface area contributed by atoms with Crippen LogP contribution in [-0.4, -0.2) is 52.1 Å². The lowest BCUT2D eigenvalue weighted by Crippen LogP contribution is -2.42. The number of esters is 1. The molecule has 14 heteroatoms. The van der Waals surface area contributed by atoms with Crippen LogP contribution in [0.1, 0.15) is 12.5 Å². The maximum Gasteiger partial charge on any atom is 0.364 e. The first-order valence-corrected chi connectivity index (χ1v) is 9.44. The molecule has 0 amide bonds. The molecule has 0 spiro atoms. The van der Waals surface area contributed by atoms with Gasteiger partial charge < -0.3 is 9.47 Å². The van der Waals surface area contributed by atoms with Crippen molar-refractivity contribution in [3.05, 3.63) is 55.6 Å². The first kappa shape index (κ1) is 22.6. The van der Waals surface area contributed by atoms with E-state index in [1.807, 2.05) is 0 Å². The van der Waals surface area contributed by atoms with Crippen LogP contribution < -0.4 is 4.74 Å². The molecule has 1 atom stereocenters. The van der Waals surface area contributed by atoms with Gasteiger partial charge in [-0.2, -0.15) is 10.3 Å². The fraction of sp³-hybridized carbons (Fsp3) is 0.312. The van der Waals surface area contributed by atoms with Crippen molar-refractivity contribution in [3.63, 3.8) is 0 Å². The molecule has 0 aromatic heterocycles. The second-order valence-electron chi connectivity index (χ2n) is 5.33. The minimum atomic E-state index is -1.04. The number of ether oxygens (including phenoxy) is 2. The Morgan fingerprint density at radius 1 is 1.37 bits per heavy atom. The Kier molecular flexibility index (Phi) is 7.28. The number of hydrogen-bond donors (Lipinski definition) is 0. The minimum Gasteiger partial charge on any atom is -0.461 e. The van der Waals surface area contributed by atoms with Crippen LogP contribution in [0.2, 0.25) is 0 Å². The molecule has 0 aliphatic carbocycles. The molecule has 0 radical (unpaired) electrons. The summed E-state index contributed by atoms with van der Waals surface area (Å²) in [4.78, 5) is 42.7. The SMILES string of the molecule is CCOC(=O)C1=NC(SC)N(OC)C(Oc2ccc(C#N)c([N+](=O)[O-])c2)=C1[N+](=O)[O-]. The molecule has 0 N–H and O–H groups in total. The number of benzene rings is 1. The fourth-order valence-electron chi connectivity index (χ4n) is 2.39. The molecule has 0 bridgehead atoms. The first-order chi connectivity index (χ1) is 14.3. The predicted molar refractivity (Wildman–Crippen MR) is 103 cm³/mol. The predicted octanol–water partition coefficient (Wildman–Crippen LogP) is 1.82. The van der Waals surface area contributed by atoms with Crippen molar-refractivity contribution < 1.29 is 29.0 Å². The van der Waals surface area contributed by atoms with Gasteiger partial charge in [-0.15, -0.1) is 11.8 Å². The van der Waals surface area contributed by atoms with Gasteiger partial charge >= 0.3 is 17.5 Å². The number of aliphatic imine (C=N–C) groups is 1. The highest BCUT2D eigenvalue weighted by Gasteiger charge is 2.44. The molecular formula is C16H15N5O8S. The zero-order valence-electron chi connectivity index (χ0n) is 15.9. The Labute approximate surface area is 173 Å². The number of hydrogen-bond acceptors (Lipinski definition) is 12. The van der Waals surface area contributed by atoms with Crippen molar-refractivity contribution in [2.24, 2.45) is 4.99 Å². The van der Waals surface area contributed by atoms with Gasteiger partial charge in [-0.25, -0.2) is 9.79 Å². The lowest BCUT2D eigenvalue weighted by molar-refractivity contribution is -0.421. The van der Waals surface area contributed by atoms with E-state index in [-0.39, 0.29) is 17.9 Å². The Morgan fingerprint density at radius 2 is 2.07 bits per heavy atom. The van der Waals surface area contributed by atoms with E-state index in [4.69, 9.17) is 19.6 Å². The highest BCUT2D eigenvalue weighted by atomic mass is 32.2. The summed E-state index contributed by atoms with van der Waals surface area (Å²) < 4.78 is 10.4. The summed E-state index contributed by atoms with van der Waals surface area (Å²) in [5.74, 6) is -1.76. The van der Waals surface area contributed by atoms with Crippen LogP contribution in [0.5, 0.6) is 5.75 Å². The summed E-state index contributed by atoms with van der Waals surface area (Å²) in [6.45, 7) is 1.48. The summed E-state index contributed by atoms with van der Waals surface area (Å²) in [6, 6.07) is 4.95. The number of carbonyl (C=O) groups excluding carboxylic acids is 1. The van der Waals surface area contributed by atoms with Gasteiger partial charge in [0.25, 0.3) is 5.69 Å². The Hall–Kier alpha value is -3.70. The van der Waals surface area contributed by atoms with Crippen LogP contribution in [0.25, 0.3) is 0 Å². The van der Waals surface area contributed by atoms with Gasteiger partial charge in [-0.1, -0.05) is 0 Å². The van der Waals surface area contributed by atoms with Crippen LogP contribution in [0.4, 0.5) is 5.69 Å². The summed E-state index contributed by atoms with van der Waals surface area (Å²) >= 11 is 1.08. The molecular weight excluding hydrogens is 422 g/mol. The highest BCUT2D eigenvalue weighted by molar-refractivity contribution is 7.99. The van der Waals surface area contributed by atoms with Crippen LogP contribution in [0.15, 0.2) is 34.8 Å². The van der Waals surface area contributed by atoms with E-state index in [1.54, 1.807) is 12.3 Å². The lowest BCUT2D eigenvalue weighted by Gasteiger charge is -2.31. The minimum absolute atomic E-state index is 0.0429. The van der Waals surface area contributed by atoms with E-state index in [0.717, 1.165) is 29.0 Å². The summed E-state index contributed by atoms with van der Waals surface area (Å²) in [5, 5.41) is 32.9. The van der Waals surface area contributed by atoms with Gasteiger partial charge in [0.1, 0.15) is 17.4 Å². The van der Waals surface area contributed by atoms with Gasteiger partial charge in [-0.05, 0) is 25.3 Å². The smallest absolute Gasteiger partial charge is 0.364 e. The van der Waals surface area contributed by atoms with Crippen LogP contribution in [-0.2, 0) is 14.4 Å². The van der Waals surface area contributed by atoms with Crippen LogP contribution in [0.3, 0.4) is 0 Å². The summed E-state index contributed by atoms with van der Waals surface area (Å²) in [7, 11) is 1.20. The zero-order chi connectivity index (χ0) is 22.4. The van der Waals surface area contributed by atoms with Crippen molar-refractivity contribution in [1.82, 2.24) is 5.06 Å². The summed E-state index contributed by atoms with van der Waals surface area (Å²) in [5.41, 5.74) is -3.15. The molecule has 1 aliphatic rings. The van der Waals surface area contributed by atoms with Crippen molar-refractivity contribution in [2.75, 3.05) is 20.0 Å². The largest absolute Gasteiger partial charge is 0.461 e. The highest BCUT2D eigenvalue weighted by Crippen LogP contribution is 2.32. The average molecular weight is 437 g/mol.